The van der Waals surface area contributed by atoms with Gasteiger partial charge in [0.2, 0.25) is 5.95 Å². The first kappa shape index (κ1) is 14.3. The first-order chi connectivity index (χ1) is 11.7. The van der Waals surface area contributed by atoms with Gasteiger partial charge < -0.3 is 10.5 Å². The third-order valence-corrected chi connectivity index (χ3v) is 3.99. The number of esters is 1. The molecule has 3 aromatic rings. The maximum atomic E-state index is 12.1. The number of ether oxygens (including phenoxy) is 1. The van der Waals surface area contributed by atoms with E-state index in [-0.39, 0.29) is 5.96 Å². The predicted octanol–water partition coefficient (Wildman–Crippen LogP) is 2.11. The second-order valence-electron chi connectivity index (χ2n) is 5.39. The van der Waals surface area contributed by atoms with E-state index in [9.17, 15) is 4.79 Å². The van der Waals surface area contributed by atoms with Crippen molar-refractivity contribution in [1.29, 1.82) is 0 Å². The predicted molar refractivity (Wildman–Crippen MR) is 90.9 cm³/mol. The fourth-order valence-electron chi connectivity index (χ4n) is 2.94. The van der Waals surface area contributed by atoms with E-state index < -0.39 is 12.1 Å². The summed E-state index contributed by atoms with van der Waals surface area (Å²) in [5.41, 5.74) is 8.81. The van der Waals surface area contributed by atoms with E-state index in [1.54, 1.807) is 12.1 Å². The van der Waals surface area contributed by atoms with Crippen molar-refractivity contribution in [3.8, 4) is 0 Å². The fraction of sp³-hybridized carbons (Fsp3) is 0.118. The molecule has 0 saturated carbocycles. The minimum absolute atomic E-state index is 0.252. The number of nitrogens with one attached hydrogen (secondary N) is 1. The molecule has 1 aliphatic rings. The lowest BCUT2D eigenvalue weighted by molar-refractivity contribution is 0.0598. The topological polar surface area (TPSA) is 94.5 Å². The molecule has 0 radical (unpaired) electrons. The van der Waals surface area contributed by atoms with Crippen LogP contribution >= 0.6 is 0 Å². The van der Waals surface area contributed by atoms with Gasteiger partial charge in [-0.2, -0.15) is 0 Å². The van der Waals surface area contributed by atoms with Crippen LogP contribution in [0.2, 0.25) is 0 Å². The summed E-state index contributed by atoms with van der Waals surface area (Å²) in [6.45, 7) is 0. The number of aromatic nitrogens is 2. The Labute approximate surface area is 137 Å². The Morgan fingerprint density at radius 3 is 2.79 bits per heavy atom. The van der Waals surface area contributed by atoms with Crippen LogP contribution in [0.5, 0.6) is 0 Å². The number of carbonyl (C=O) groups excluding carboxylic acids is 1. The lowest BCUT2D eigenvalue weighted by atomic mass is 10.0. The summed E-state index contributed by atoms with van der Waals surface area (Å²) < 4.78 is 6.82. The molecule has 0 bridgehead atoms. The molecule has 1 unspecified atom stereocenters. The van der Waals surface area contributed by atoms with E-state index in [0.717, 1.165) is 11.0 Å². The monoisotopic (exact) mass is 321 g/mol. The molecule has 0 fully saturated rings. The second kappa shape index (κ2) is 5.38. The number of para-hydroxylation sites is 2. The highest BCUT2D eigenvalue weighted by Gasteiger charge is 2.28. The number of anilines is 1. The standard InChI is InChI=1S/C17H15N5O2/c1-24-15(23)11-7-3-2-6-10(11)14-20-16(18)21-17-19-12-8-4-5-9-13(12)22(14)17/h2-9,14H,1H3,(H3,18,19,20,21). The van der Waals surface area contributed by atoms with Gasteiger partial charge in [-0.1, -0.05) is 30.3 Å². The molecule has 3 N–H and O–H groups in total. The van der Waals surface area contributed by atoms with Crippen LogP contribution in [0.25, 0.3) is 11.0 Å². The minimum Gasteiger partial charge on any atom is -0.465 e. The molecule has 1 aromatic heterocycles. The number of aliphatic imine (C=N–C) groups is 1. The third-order valence-electron chi connectivity index (χ3n) is 3.99. The second-order valence-corrected chi connectivity index (χ2v) is 5.39. The number of nitrogens with two attached hydrogens (primary N) is 1. The largest absolute Gasteiger partial charge is 0.465 e. The van der Waals surface area contributed by atoms with Crippen molar-refractivity contribution < 1.29 is 9.53 Å². The Balaban J connectivity index is 1.97. The molecule has 7 nitrogen and oxygen atoms in total. The van der Waals surface area contributed by atoms with E-state index in [4.69, 9.17) is 10.5 Å². The molecule has 1 aliphatic heterocycles. The fourth-order valence-corrected chi connectivity index (χ4v) is 2.94. The molecule has 2 aromatic carbocycles. The van der Waals surface area contributed by atoms with Gasteiger partial charge >= 0.3 is 5.97 Å². The molecule has 24 heavy (non-hydrogen) atoms. The molecule has 1 atom stereocenters. The van der Waals surface area contributed by atoms with Crippen molar-refractivity contribution >= 4 is 28.9 Å². The first-order valence-corrected chi connectivity index (χ1v) is 7.43. The summed E-state index contributed by atoms with van der Waals surface area (Å²) >= 11 is 0. The first-order valence-electron chi connectivity index (χ1n) is 7.43. The zero-order valence-corrected chi connectivity index (χ0v) is 12.9. The van der Waals surface area contributed by atoms with Gasteiger partial charge in [-0.3, -0.25) is 9.88 Å². The summed E-state index contributed by atoms with van der Waals surface area (Å²) in [6, 6.07) is 14.9. The quantitative estimate of drug-likeness (QED) is 0.705. The molecule has 0 spiro atoms. The van der Waals surface area contributed by atoms with Crippen LogP contribution in [-0.4, -0.2) is 28.6 Å². The van der Waals surface area contributed by atoms with Crippen molar-refractivity contribution in [1.82, 2.24) is 9.55 Å². The van der Waals surface area contributed by atoms with Crippen LogP contribution < -0.4 is 11.1 Å². The van der Waals surface area contributed by atoms with E-state index >= 15 is 0 Å². The SMILES string of the molecule is COC(=O)c1ccccc1C1N=C(N)Nc2nc3ccccc3n21. The number of benzene rings is 2. The number of fused-ring (bicyclic) bond motifs is 3. The highest BCUT2D eigenvalue weighted by Crippen LogP contribution is 2.33. The van der Waals surface area contributed by atoms with Gasteiger partial charge in [-0.25, -0.2) is 14.8 Å². The molecule has 2 heterocycles. The van der Waals surface area contributed by atoms with Crippen molar-refractivity contribution in [2.45, 2.75) is 6.17 Å². The number of guanidine groups is 1. The van der Waals surface area contributed by atoms with Crippen molar-refractivity contribution in [2.75, 3.05) is 12.4 Å². The summed E-state index contributed by atoms with van der Waals surface area (Å²) in [4.78, 5) is 21.2. The van der Waals surface area contributed by atoms with E-state index in [1.807, 2.05) is 41.0 Å². The Bertz CT molecular complexity index is 976. The van der Waals surface area contributed by atoms with Crippen molar-refractivity contribution in [2.24, 2.45) is 10.7 Å². The number of carbonyl (C=O) groups is 1. The molecular formula is C17H15N5O2. The zero-order chi connectivity index (χ0) is 16.7. The number of methoxy groups -OCH3 is 1. The maximum absolute atomic E-state index is 12.1. The third kappa shape index (κ3) is 2.10. The lowest BCUT2D eigenvalue weighted by Crippen LogP contribution is -2.32. The zero-order valence-electron chi connectivity index (χ0n) is 12.9. The van der Waals surface area contributed by atoms with Crippen LogP contribution in [0.3, 0.4) is 0 Å². The minimum atomic E-state index is -0.496. The number of imidazole rings is 1. The molecule has 7 heteroatoms. The van der Waals surface area contributed by atoms with Gasteiger partial charge in [0, 0.05) is 5.56 Å². The van der Waals surface area contributed by atoms with E-state index in [0.29, 0.717) is 17.1 Å². The van der Waals surface area contributed by atoms with Crippen LogP contribution in [0, 0.1) is 0 Å². The smallest absolute Gasteiger partial charge is 0.338 e. The Morgan fingerprint density at radius 1 is 1.21 bits per heavy atom. The molecule has 0 amide bonds. The van der Waals surface area contributed by atoms with E-state index in [1.165, 1.54) is 7.11 Å². The Morgan fingerprint density at radius 2 is 1.96 bits per heavy atom. The van der Waals surface area contributed by atoms with Crippen molar-refractivity contribution in [3.05, 3.63) is 59.7 Å². The van der Waals surface area contributed by atoms with Gasteiger partial charge in [0.15, 0.2) is 12.1 Å². The van der Waals surface area contributed by atoms with E-state index in [2.05, 4.69) is 15.3 Å². The Hall–Kier alpha value is -3.35. The molecule has 0 aliphatic carbocycles. The molecular weight excluding hydrogens is 306 g/mol. The van der Waals surface area contributed by atoms with Crippen molar-refractivity contribution in [3.63, 3.8) is 0 Å². The van der Waals surface area contributed by atoms with Crippen LogP contribution in [-0.2, 0) is 4.74 Å². The van der Waals surface area contributed by atoms with Gasteiger partial charge in [0.05, 0.1) is 23.7 Å². The molecule has 0 saturated heterocycles. The summed E-state index contributed by atoms with van der Waals surface area (Å²) in [7, 11) is 1.36. The average Bonchev–Trinajstić information content (AvgIpc) is 2.98. The molecule has 120 valence electrons. The van der Waals surface area contributed by atoms with Crippen LogP contribution in [0.15, 0.2) is 53.5 Å². The highest BCUT2D eigenvalue weighted by molar-refractivity contribution is 5.96. The Kier molecular flexibility index (Phi) is 3.19. The normalized spacial score (nSPS) is 16.2. The number of hydrogen-bond donors (Lipinski definition) is 2. The molecule has 4 rings (SSSR count). The lowest BCUT2D eigenvalue weighted by Gasteiger charge is -2.25. The van der Waals surface area contributed by atoms with Gasteiger partial charge in [0.1, 0.15) is 0 Å². The number of rotatable bonds is 2. The van der Waals surface area contributed by atoms with Gasteiger partial charge in [0.25, 0.3) is 0 Å². The average molecular weight is 321 g/mol. The summed E-state index contributed by atoms with van der Waals surface area (Å²) in [6.07, 6.45) is -0.496. The number of hydrogen-bond acceptors (Lipinski definition) is 6. The number of nitrogens with zero attached hydrogens (tertiary/aromatic N) is 3. The summed E-state index contributed by atoms with van der Waals surface area (Å²) in [5.74, 6) is 0.430. The van der Waals surface area contributed by atoms with Gasteiger partial charge in [-0.15, -0.1) is 0 Å². The van der Waals surface area contributed by atoms with Gasteiger partial charge in [-0.05, 0) is 18.2 Å². The highest BCUT2D eigenvalue weighted by atomic mass is 16.5. The summed E-state index contributed by atoms with van der Waals surface area (Å²) in [5, 5.41) is 2.98. The maximum Gasteiger partial charge on any atom is 0.338 e. The van der Waals surface area contributed by atoms with Crippen LogP contribution in [0.1, 0.15) is 22.1 Å². The van der Waals surface area contributed by atoms with Crippen LogP contribution in [0.4, 0.5) is 5.95 Å².